The zero-order chi connectivity index (χ0) is 24.2. The minimum Gasteiger partial charge on any atom is -0.497 e. The molecule has 4 aromatic carbocycles. The summed E-state index contributed by atoms with van der Waals surface area (Å²) in [6, 6.07) is 33.8. The molecule has 0 unspecified atom stereocenters. The third-order valence-corrected chi connectivity index (χ3v) is 7.96. The SMILES string of the molecule is COc1ccc([C@H]2[C@@H](c3ccccc3)[C@@](O)(c3ccccc3)[C@@]3(O)c4ccccc4C(=O)[C@@H]23)cc1. The van der Waals surface area contributed by atoms with Crippen molar-refractivity contribution < 1.29 is 19.7 Å². The molecule has 0 heterocycles. The van der Waals surface area contributed by atoms with E-state index in [-0.39, 0.29) is 5.78 Å². The molecule has 5 atom stereocenters. The molecule has 35 heavy (non-hydrogen) atoms. The molecule has 0 aromatic heterocycles. The predicted molar refractivity (Wildman–Crippen MR) is 133 cm³/mol. The van der Waals surface area contributed by atoms with Crippen LogP contribution in [0.4, 0.5) is 0 Å². The lowest BCUT2D eigenvalue weighted by Gasteiger charge is -2.42. The average Bonchev–Trinajstić information content (AvgIpc) is 3.28. The van der Waals surface area contributed by atoms with Gasteiger partial charge in [-0.15, -0.1) is 0 Å². The third kappa shape index (κ3) is 2.84. The van der Waals surface area contributed by atoms with Gasteiger partial charge in [-0.25, -0.2) is 0 Å². The van der Waals surface area contributed by atoms with Gasteiger partial charge in [0.2, 0.25) is 0 Å². The van der Waals surface area contributed by atoms with Gasteiger partial charge in [-0.2, -0.15) is 0 Å². The molecule has 174 valence electrons. The van der Waals surface area contributed by atoms with Gasteiger partial charge in [-0.3, -0.25) is 4.79 Å². The van der Waals surface area contributed by atoms with Gasteiger partial charge in [0.25, 0.3) is 0 Å². The van der Waals surface area contributed by atoms with Crippen molar-refractivity contribution in [2.45, 2.75) is 23.0 Å². The Morgan fingerprint density at radius 2 is 1.26 bits per heavy atom. The number of hydrogen-bond donors (Lipinski definition) is 2. The van der Waals surface area contributed by atoms with E-state index in [1.54, 1.807) is 25.3 Å². The molecule has 1 fully saturated rings. The van der Waals surface area contributed by atoms with E-state index in [4.69, 9.17) is 4.74 Å². The molecule has 0 spiro atoms. The second-order valence-electron chi connectivity index (χ2n) is 9.47. The van der Waals surface area contributed by atoms with Crippen molar-refractivity contribution in [3.8, 4) is 5.75 Å². The molecule has 2 N–H and O–H groups in total. The van der Waals surface area contributed by atoms with Gasteiger partial charge in [0.05, 0.1) is 13.0 Å². The van der Waals surface area contributed by atoms with Crippen molar-refractivity contribution in [2.75, 3.05) is 7.11 Å². The van der Waals surface area contributed by atoms with Crippen LogP contribution < -0.4 is 4.74 Å². The molecule has 4 heteroatoms. The fraction of sp³-hybridized carbons (Fsp3) is 0.194. The molecule has 0 radical (unpaired) electrons. The summed E-state index contributed by atoms with van der Waals surface area (Å²) in [5, 5.41) is 25.6. The van der Waals surface area contributed by atoms with Gasteiger partial charge >= 0.3 is 0 Å². The van der Waals surface area contributed by atoms with Crippen LogP contribution in [0.15, 0.2) is 109 Å². The van der Waals surface area contributed by atoms with E-state index in [0.29, 0.717) is 22.4 Å². The Hall–Kier alpha value is -3.73. The number of ether oxygens (including phenoxy) is 1. The normalized spacial score (nSPS) is 29.0. The van der Waals surface area contributed by atoms with Gasteiger partial charge in [-0.1, -0.05) is 97.1 Å². The van der Waals surface area contributed by atoms with Gasteiger partial charge < -0.3 is 14.9 Å². The minimum absolute atomic E-state index is 0.142. The van der Waals surface area contributed by atoms with Crippen molar-refractivity contribution in [1.29, 1.82) is 0 Å². The molecule has 6 rings (SSSR count). The zero-order valence-electron chi connectivity index (χ0n) is 19.3. The monoisotopic (exact) mass is 462 g/mol. The highest BCUT2D eigenvalue weighted by molar-refractivity contribution is 6.05. The van der Waals surface area contributed by atoms with Crippen LogP contribution >= 0.6 is 0 Å². The molecule has 0 aliphatic heterocycles. The number of fused-ring (bicyclic) bond motifs is 3. The largest absolute Gasteiger partial charge is 0.497 e. The quantitative estimate of drug-likeness (QED) is 0.439. The second kappa shape index (κ2) is 7.91. The summed E-state index contributed by atoms with van der Waals surface area (Å²) in [5.41, 5.74) is -0.288. The fourth-order valence-electron chi connectivity index (χ4n) is 6.52. The number of rotatable bonds is 4. The standard InChI is InChI=1S/C31H26O4/c1-35-23-18-16-20(17-19-23)26-27(21-10-4-2-5-11-21)30(33,22-12-6-3-7-13-22)31(34)25-15-9-8-14-24(25)29(32)28(26)31/h2-19,26-28,33-34H,1H3/t26-,27+,28+,30-,31+/m0/s1. The van der Waals surface area contributed by atoms with Crippen LogP contribution in [0, 0.1) is 5.92 Å². The number of hydrogen-bond acceptors (Lipinski definition) is 4. The summed E-state index contributed by atoms with van der Waals surface area (Å²) in [4.78, 5) is 14.0. The van der Waals surface area contributed by atoms with Crippen molar-refractivity contribution in [2.24, 2.45) is 5.92 Å². The van der Waals surface area contributed by atoms with Crippen LogP contribution in [0.3, 0.4) is 0 Å². The summed E-state index contributed by atoms with van der Waals surface area (Å²) in [6.07, 6.45) is 0. The molecule has 0 saturated heterocycles. The lowest BCUT2D eigenvalue weighted by atomic mass is 9.69. The predicted octanol–water partition coefficient (Wildman–Crippen LogP) is 5.16. The first-order chi connectivity index (χ1) is 17.0. The Morgan fingerprint density at radius 3 is 1.91 bits per heavy atom. The van der Waals surface area contributed by atoms with Crippen LogP contribution in [0.25, 0.3) is 0 Å². The molecule has 4 nitrogen and oxygen atoms in total. The molecule has 1 saturated carbocycles. The summed E-state index contributed by atoms with van der Waals surface area (Å²) >= 11 is 0. The number of carbonyl (C=O) groups is 1. The maximum atomic E-state index is 14.0. The molecule has 2 aliphatic carbocycles. The fourth-order valence-corrected chi connectivity index (χ4v) is 6.52. The van der Waals surface area contributed by atoms with Crippen LogP contribution in [-0.4, -0.2) is 23.1 Å². The van der Waals surface area contributed by atoms with Crippen molar-refractivity contribution in [1.82, 2.24) is 0 Å². The lowest BCUT2D eigenvalue weighted by molar-refractivity contribution is -0.159. The van der Waals surface area contributed by atoms with Crippen LogP contribution in [-0.2, 0) is 11.2 Å². The van der Waals surface area contributed by atoms with E-state index in [9.17, 15) is 15.0 Å². The number of aliphatic hydroxyl groups is 2. The summed E-state index contributed by atoms with van der Waals surface area (Å²) in [6.45, 7) is 0. The zero-order valence-corrected chi connectivity index (χ0v) is 19.3. The first-order valence-electron chi connectivity index (χ1n) is 11.8. The minimum atomic E-state index is -1.81. The van der Waals surface area contributed by atoms with Gasteiger partial charge in [0.1, 0.15) is 17.0 Å². The molecule has 0 bridgehead atoms. The Balaban J connectivity index is 1.70. The highest BCUT2D eigenvalue weighted by Gasteiger charge is 2.75. The van der Waals surface area contributed by atoms with E-state index in [1.165, 1.54) is 0 Å². The van der Waals surface area contributed by atoms with Gasteiger partial charge in [0.15, 0.2) is 5.78 Å². The Morgan fingerprint density at radius 1 is 0.657 bits per heavy atom. The van der Waals surface area contributed by atoms with E-state index >= 15 is 0 Å². The van der Waals surface area contributed by atoms with Crippen LogP contribution in [0.5, 0.6) is 5.75 Å². The third-order valence-electron chi connectivity index (χ3n) is 7.96. The van der Waals surface area contributed by atoms with E-state index in [0.717, 1.165) is 11.1 Å². The Bertz CT molecular complexity index is 1380. The van der Waals surface area contributed by atoms with Crippen LogP contribution in [0.2, 0.25) is 0 Å². The highest BCUT2D eigenvalue weighted by Crippen LogP contribution is 2.70. The maximum absolute atomic E-state index is 14.0. The lowest BCUT2D eigenvalue weighted by Crippen LogP contribution is -2.49. The smallest absolute Gasteiger partial charge is 0.170 e. The maximum Gasteiger partial charge on any atom is 0.170 e. The molecule has 4 aromatic rings. The molecular weight excluding hydrogens is 436 g/mol. The Labute approximate surface area is 204 Å². The van der Waals surface area contributed by atoms with Crippen LogP contribution in [0.1, 0.15) is 44.4 Å². The van der Waals surface area contributed by atoms with Crippen molar-refractivity contribution in [3.05, 3.63) is 137 Å². The topological polar surface area (TPSA) is 66.8 Å². The van der Waals surface area contributed by atoms with E-state index in [1.807, 2.05) is 91.0 Å². The van der Waals surface area contributed by atoms with Crippen molar-refractivity contribution in [3.63, 3.8) is 0 Å². The second-order valence-corrected chi connectivity index (χ2v) is 9.47. The molecule has 0 amide bonds. The highest BCUT2D eigenvalue weighted by atomic mass is 16.5. The number of methoxy groups -OCH3 is 1. The number of ketones is 1. The van der Waals surface area contributed by atoms with Crippen molar-refractivity contribution >= 4 is 5.78 Å². The average molecular weight is 463 g/mol. The first-order valence-corrected chi connectivity index (χ1v) is 11.8. The first kappa shape index (κ1) is 21.8. The van der Waals surface area contributed by atoms with Gasteiger partial charge in [-0.05, 0) is 34.4 Å². The van der Waals surface area contributed by atoms with E-state index < -0.39 is 29.0 Å². The Kier molecular flexibility index (Phi) is 4.92. The number of carbonyl (C=O) groups excluding carboxylic acids is 1. The van der Waals surface area contributed by atoms with Gasteiger partial charge in [0, 0.05) is 17.4 Å². The number of Topliss-reactive ketones (excluding diaryl/α,β-unsaturated/α-hetero) is 1. The summed E-state index contributed by atoms with van der Waals surface area (Å²) < 4.78 is 5.37. The summed E-state index contributed by atoms with van der Waals surface area (Å²) in [5.74, 6) is -1.34. The molecule has 2 aliphatic rings. The molecular formula is C31H26O4. The summed E-state index contributed by atoms with van der Waals surface area (Å²) in [7, 11) is 1.61. The number of benzene rings is 4. The van der Waals surface area contributed by atoms with E-state index in [2.05, 4.69) is 0 Å².